The van der Waals surface area contributed by atoms with Crippen LogP contribution in [0, 0.1) is 0 Å². The van der Waals surface area contributed by atoms with Gasteiger partial charge in [0.1, 0.15) is 5.01 Å². The molecule has 0 saturated heterocycles. The molecule has 0 aliphatic rings. The molecule has 4 rings (SSSR count). The van der Waals surface area contributed by atoms with Crippen LogP contribution in [0.3, 0.4) is 0 Å². The maximum Gasteiger partial charge on any atom is 0.387 e. The quantitative estimate of drug-likeness (QED) is 0.371. The van der Waals surface area contributed by atoms with Gasteiger partial charge in [0.2, 0.25) is 0 Å². The second-order valence-electron chi connectivity index (χ2n) is 6.46. The predicted molar refractivity (Wildman–Crippen MR) is 117 cm³/mol. The second-order valence-corrected chi connectivity index (χ2v) is 7.49. The van der Waals surface area contributed by atoms with E-state index in [0.29, 0.717) is 5.69 Å². The third kappa shape index (κ3) is 4.64. The van der Waals surface area contributed by atoms with Gasteiger partial charge in [-0.3, -0.25) is 4.79 Å². The van der Waals surface area contributed by atoms with E-state index >= 15 is 0 Å². The summed E-state index contributed by atoms with van der Waals surface area (Å²) in [6.07, 6.45) is 0. The molecule has 0 fully saturated rings. The number of amides is 1. The van der Waals surface area contributed by atoms with Gasteiger partial charge >= 0.3 is 6.61 Å². The topological polar surface area (TPSA) is 60.5 Å². The first-order valence-electron chi connectivity index (χ1n) is 9.53. The lowest BCUT2D eigenvalue weighted by atomic mass is 10.1. The molecule has 0 saturated carbocycles. The zero-order valence-corrected chi connectivity index (χ0v) is 17.3. The van der Waals surface area contributed by atoms with Crippen LogP contribution in [0.1, 0.15) is 17.3 Å². The molecule has 8 heteroatoms. The minimum absolute atomic E-state index is 0.0786. The second kappa shape index (κ2) is 9.09. The van der Waals surface area contributed by atoms with Crippen molar-refractivity contribution in [2.45, 2.75) is 13.5 Å². The van der Waals surface area contributed by atoms with E-state index in [1.807, 2.05) is 42.5 Å². The highest BCUT2D eigenvalue weighted by Crippen LogP contribution is 2.35. The number of thiazole rings is 1. The summed E-state index contributed by atoms with van der Waals surface area (Å²) in [4.78, 5) is 17.5. The van der Waals surface area contributed by atoms with Crippen molar-refractivity contribution in [3.8, 4) is 22.1 Å². The third-order valence-corrected chi connectivity index (χ3v) is 5.49. The number of ether oxygens (including phenoxy) is 2. The highest BCUT2D eigenvalue weighted by Gasteiger charge is 2.17. The van der Waals surface area contributed by atoms with Gasteiger partial charge in [-0.1, -0.05) is 24.3 Å². The molecule has 0 bridgehead atoms. The Labute approximate surface area is 181 Å². The number of para-hydroxylation sites is 2. The van der Waals surface area contributed by atoms with Crippen LogP contribution in [0.25, 0.3) is 20.8 Å². The number of carbonyl (C=O) groups excluding carboxylic acids is 1. The van der Waals surface area contributed by atoms with Gasteiger partial charge in [-0.15, -0.1) is 11.3 Å². The molecule has 4 aromatic rings. The molecule has 0 radical (unpaired) electrons. The lowest BCUT2D eigenvalue weighted by Gasteiger charge is -2.13. The summed E-state index contributed by atoms with van der Waals surface area (Å²) < 4.78 is 36.1. The van der Waals surface area contributed by atoms with Crippen LogP contribution in [0.4, 0.5) is 14.5 Å². The number of nitrogens with zero attached hydrogens (tertiary/aromatic N) is 1. The van der Waals surface area contributed by atoms with Crippen molar-refractivity contribution in [1.29, 1.82) is 0 Å². The summed E-state index contributed by atoms with van der Waals surface area (Å²) in [6, 6.07) is 19.3. The molecule has 0 unspecified atom stereocenters. The maximum atomic E-state index is 12.9. The van der Waals surface area contributed by atoms with Gasteiger partial charge in [0.25, 0.3) is 5.91 Å². The van der Waals surface area contributed by atoms with E-state index in [9.17, 15) is 13.6 Å². The minimum Gasteiger partial charge on any atom is -0.490 e. The predicted octanol–water partition coefficient (Wildman–Crippen LogP) is 6.22. The summed E-state index contributed by atoms with van der Waals surface area (Å²) >= 11 is 1.53. The Morgan fingerprint density at radius 3 is 2.61 bits per heavy atom. The number of aromatic nitrogens is 1. The van der Waals surface area contributed by atoms with Gasteiger partial charge in [0.05, 0.1) is 22.5 Å². The van der Waals surface area contributed by atoms with Gasteiger partial charge in [-0.25, -0.2) is 4.98 Å². The molecule has 1 N–H and O–H groups in total. The Morgan fingerprint density at radius 1 is 1.06 bits per heavy atom. The van der Waals surface area contributed by atoms with Crippen molar-refractivity contribution in [1.82, 2.24) is 4.98 Å². The van der Waals surface area contributed by atoms with Crippen LogP contribution in [0.5, 0.6) is 11.5 Å². The lowest BCUT2D eigenvalue weighted by molar-refractivity contribution is -0.0514. The zero-order chi connectivity index (χ0) is 21.8. The van der Waals surface area contributed by atoms with Crippen LogP contribution in [0.2, 0.25) is 0 Å². The largest absolute Gasteiger partial charge is 0.490 e. The standard InChI is InChI=1S/C23H18F2N2O3S/c1-2-29-19-13-14(11-12-18(19)30-23(24)25)21(28)26-16-8-4-3-7-15(16)22-27-17-9-5-6-10-20(17)31-22/h3-13,23H,2H2,1H3,(H,26,28). The molecule has 0 atom stereocenters. The summed E-state index contributed by atoms with van der Waals surface area (Å²) in [5.74, 6) is -0.448. The lowest BCUT2D eigenvalue weighted by Crippen LogP contribution is -2.13. The first-order chi connectivity index (χ1) is 15.0. The average molecular weight is 440 g/mol. The molecule has 5 nitrogen and oxygen atoms in total. The van der Waals surface area contributed by atoms with Gasteiger partial charge in [-0.2, -0.15) is 8.78 Å². The van der Waals surface area contributed by atoms with Crippen LogP contribution < -0.4 is 14.8 Å². The van der Waals surface area contributed by atoms with Gasteiger partial charge < -0.3 is 14.8 Å². The van der Waals surface area contributed by atoms with E-state index in [2.05, 4.69) is 15.0 Å². The first-order valence-corrected chi connectivity index (χ1v) is 10.3. The van der Waals surface area contributed by atoms with E-state index in [-0.39, 0.29) is 23.7 Å². The normalized spacial score (nSPS) is 11.0. The third-order valence-electron chi connectivity index (χ3n) is 4.42. The monoisotopic (exact) mass is 440 g/mol. The Balaban J connectivity index is 1.63. The number of rotatable bonds is 7. The van der Waals surface area contributed by atoms with Crippen molar-refractivity contribution in [2.75, 3.05) is 11.9 Å². The molecule has 0 aliphatic carbocycles. The van der Waals surface area contributed by atoms with E-state index < -0.39 is 12.5 Å². The molecule has 1 heterocycles. The summed E-state index contributed by atoms with van der Waals surface area (Å²) in [7, 11) is 0. The molecule has 31 heavy (non-hydrogen) atoms. The highest BCUT2D eigenvalue weighted by molar-refractivity contribution is 7.21. The molecule has 0 aliphatic heterocycles. The van der Waals surface area contributed by atoms with E-state index in [4.69, 9.17) is 4.74 Å². The van der Waals surface area contributed by atoms with Crippen LogP contribution in [0.15, 0.2) is 66.7 Å². The Kier molecular flexibility index (Phi) is 6.08. The van der Waals surface area contributed by atoms with E-state index in [0.717, 1.165) is 20.8 Å². The summed E-state index contributed by atoms with van der Waals surface area (Å²) in [6.45, 7) is -1.03. The average Bonchev–Trinajstić information content (AvgIpc) is 3.19. The zero-order valence-electron chi connectivity index (χ0n) is 16.5. The number of carbonyl (C=O) groups is 1. The van der Waals surface area contributed by atoms with Gasteiger partial charge in [0, 0.05) is 11.1 Å². The smallest absolute Gasteiger partial charge is 0.387 e. The first kappa shape index (κ1) is 20.7. The molecular weight excluding hydrogens is 422 g/mol. The molecule has 1 aromatic heterocycles. The number of alkyl halides is 2. The van der Waals surface area contributed by atoms with Gasteiger partial charge in [-0.05, 0) is 49.4 Å². The van der Waals surface area contributed by atoms with Crippen molar-refractivity contribution in [3.05, 3.63) is 72.3 Å². The number of benzene rings is 3. The van der Waals surface area contributed by atoms with Crippen LogP contribution in [-0.4, -0.2) is 24.1 Å². The summed E-state index contributed by atoms with van der Waals surface area (Å²) in [5, 5.41) is 3.67. The molecule has 0 spiro atoms. The Bertz CT molecular complexity index is 1190. The molecule has 3 aromatic carbocycles. The molecule has 1 amide bonds. The van der Waals surface area contributed by atoms with E-state index in [1.165, 1.54) is 29.5 Å². The van der Waals surface area contributed by atoms with Crippen molar-refractivity contribution < 1.29 is 23.0 Å². The van der Waals surface area contributed by atoms with Gasteiger partial charge in [0.15, 0.2) is 11.5 Å². The minimum atomic E-state index is -2.99. The number of hydrogen-bond donors (Lipinski definition) is 1. The maximum absolute atomic E-state index is 12.9. The molecular formula is C23H18F2N2O3S. The fraction of sp³-hybridized carbons (Fsp3) is 0.130. The van der Waals surface area contributed by atoms with Crippen LogP contribution >= 0.6 is 11.3 Å². The SMILES string of the molecule is CCOc1cc(C(=O)Nc2ccccc2-c2nc3ccccc3s2)ccc1OC(F)F. The van der Waals surface area contributed by atoms with E-state index in [1.54, 1.807) is 13.0 Å². The number of nitrogens with one attached hydrogen (secondary N) is 1. The fourth-order valence-electron chi connectivity index (χ4n) is 3.07. The van der Waals surface area contributed by atoms with Crippen molar-refractivity contribution in [2.24, 2.45) is 0 Å². The number of fused-ring (bicyclic) bond motifs is 1. The van der Waals surface area contributed by atoms with Crippen molar-refractivity contribution >= 4 is 33.1 Å². The number of halogens is 2. The number of hydrogen-bond acceptors (Lipinski definition) is 5. The van der Waals surface area contributed by atoms with Crippen molar-refractivity contribution in [3.63, 3.8) is 0 Å². The van der Waals surface area contributed by atoms with Crippen LogP contribution in [-0.2, 0) is 0 Å². The molecule has 158 valence electrons. The number of anilines is 1. The highest BCUT2D eigenvalue weighted by atomic mass is 32.1. The Hall–Kier alpha value is -3.52. The summed E-state index contributed by atoms with van der Waals surface area (Å²) in [5.41, 5.74) is 2.53. The Morgan fingerprint density at radius 2 is 1.84 bits per heavy atom. The fourth-order valence-corrected chi connectivity index (χ4v) is 4.08.